The third-order valence-electron chi connectivity index (χ3n) is 5.19. The van der Waals surface area contributed by atoms with Gasteiger partial charge in [-0.2, -0.15) is 0 Å². The van der Waals surface area contributed by atoms with Gasteiger partial charge in [0.05, 0.1) is 26.0 Å². The van der Waals surface area contributed by atoms with Crippen LogP contribution in [0.3, 0.4) is 0 Å². The van der Waals surface area contributed by atoms with Gasteiger partial charge in [-0.1, -0.05) is 48.3 Å². The highest BCUT2D eigenvalue weighted by atomic mass is 35.5. The average molecular weight is 515 g/mol. The van der Waals surface area contributed by atoms with Crippen molar-refractivity contribution in [2.24, 2.45) is 5.73 Å². The highest BCUT2D eigenvalue weighted by Crippen LogP contribution is 2.39. The summed E-state index contributed by atoms with van der Waals surface area (Å²) in [6.07, 6.45) is 0.768. The number of nitrogens with two attached hydrogens (primary N) is 1. The van der Waals surface area contributed by atoms with Crippen LogP contribution >= 0.6 is 34.5 Å². The highest BCUT2D eigenvalue weighted by Gasteiger charge is 2.24. The Kier molecular flexibility index (Phi) is 7.07. The number of ether oxygens (including phenoxy) is 1. The number of aldehydes is 1. The Hall–Kier alpha value is -3.13. The van der Waals surface area contributed by atoms with Crippen molar-refractivity contribution in [3.8, 4) is 27.4 Å². The molecule has 9 heteroatoms. The number of carbonyl (C=O) groups is 2. The molecule has 2 aromatic heterocycles. The van der Waals surface area contributed by atoms with Crippen molar-refractivity contribution in [3.05, 3.63) is 80.3 Å². The first-order valence-electron chi connectivity index (χ1n) is 10.3. The summed E-state index contributed by atoms with van der Waals surface area (Å²) < 4.78 is 11.7. The molecule has 0 aliphatic rings. The molecule has 0 fully saturated rings. The van der Waals surface area contributed by atoms with Crippen LogP contribution in [0.25, 0.3) is 21.7 Å². The number of benzene rings is 2. The zero-order valence-electron chi connectivity index (χ0n) is 18.3. The van der Waals surface area contributed by atoms with E-state index in [1.165, 1.54) is 11.3 Å². The molecule has 2 N–H and O–H groups in total. The summed E-state index contributed by atoms with van der Waals surface area (Å²) in [4.78, 5) is 24.5. The van der Waals surface area contributed by atoms with Gasteiger partial charge in [0.2, 0.25) is 5.91 Å². The van der Waals surface area contributed by atoms with Crippen molar-refractivity contribution in [1.82, 2.24) is 5.16 Å². The Bertz CT molecular complexity index is 1360. The Morgan fingerprint density at radius 3 is 2.53 bits per heavy atom. The second-order valence-corrected chi connectivity index (χ2v) is 9.74. The summed E-state index contributed by atoms with van der Waals surface area (Å²) in [5, 5.41) is 5.12. The van der Waals surface area contributed by atoms with Gasteiger partial charge in [-0.05, 0) is 42.5 Å². The summed E-state index contributed by atoms with van der Waals surface area (Å²) in [6.45, 7) is 4.08. The summed E-state index contributed by atoms with van der Waals surface area (Å²) >= 11 is 14.1. The van der Waals surface area contributed by atoms with E-state index in [1.807, 2.05) is 13.8 Å². The van der Waals surface area contributed by atoms with Crippen LogP contribution in [0.15, 0.2) is 53.1 Å². The number of primary amides is 1. The monoisotopic (exact) mass is 514 g/mol. The molecular weight excluding hydrogens is 495 g/mol. The fraction of sp³-hybridized carbons (Fsp3) is 0.160. The van der Waals surface area contributed by atoms with Crippen LogP contribution in [0, 0.1) is 0 Å². The van der Waals surface area contributed by atoms with E-state index in [-0.39, 0.29) is 12.5 Å². The van der Waals surface area contributed by atoms with Gasteiger partial charge in [0.25, 0.3) is 0 Å². The van der Waals surface area contributed by atoms with E-state index in [2.05, 4.69) is 5.16 Å². The molecule has 4 rings (SSSR count). The molecule has 0 saturated carbocycles. The number of thiophene rings is 1. The molecule has 0 atom stereocenters. The maximum absolute atomic E-state index is 12.2. The van der Waals surface area contributed by atoms with E-state index in [1.54, 1.807) is 48.5 Å². The number of aromatic nitrogens is 1. The van der Waals surface area contributed by atoms with Gasteiger partial charge in [0.1, 0.15) is 23.8 Å². The largest absolute Gasteiger partial charge is 0.489 e. The Balaban J connectivity index is 1.69. The van der Waals surface area contributed by atoms with Crippen molar-refractivity contribution in [2.75, 3.05) is 0 Å². The molecular formula is C25H20Cl2N2O4S. The first-order chi connectivity index (χ1) is 16.3. The first kappa shape index (κ1) is 24.0. The smallest absolute Gasteiger partial charge is 0.249 e. The van der Waals surface area contributed by atoms with Gasteiger partial charge >= 0.3 is 0 Å². The zero-order chi connectivity index (χ0) is 24.4. The van der Waals surface area contributed by atoms with Crippen LogP contribution in [0.5, 0.6) is 5.75 Å². The number of nitrogens with zero attached hydrogens (tertiary/aromatic N) is 1. The SMILES string of the molecule is CC(C)c1onc(-c2c(Cl)cccc2Cl)c1COc1ccc(-c2ccc(C=O)s2)c(C(N)=O)c1. The summed E-state index contributed by atoms with van der Waals surface area (Å²) in [7, 11) is 0. The minimum absolute atomic E-state index is 0.0375. The quantitative estimate of drug-likeness (QED) is 0.255. The van der Waals surface area contributed by atoms with Crippen LogP contribution in [0.4, 0.5) is 0 Å². The molecule has 2 heterocycles. The average Bonchev–Trinajstić information content (AvgIpc) is 3.45. The normalized spacial score (nSPS) is 11.1. The molecule has 1 amide bonds. The van der Waals surface area contributed by atoms with Crippen molar-refractivity contribution in [1.29, 1.82) is 0 Å². The molecule has 34 heavy (non-hydrogen) atoms. The van der Waals surface area contributed by atoms with E-state index >= 15 is 0 Å². The summed E-state index contributed by atoms with van der Waals surface area (Å²) in [6, 6.07) is 13.8. The van der Waals surface area contributed by atoms with Crippen LogP contribution < -0.4 is 10.5 Å². The zero-order valence-corrected chi connectivity index (χ0v) is 20.6. The number of hydrogen-bond acceptors (Lipinski definition) is 6. The fourth-order valence-electron chi connectivity index (χ4n) is 3.58. The lowest BCUT2D eigenvalue weighted by atomic mass is 10.0. The Morgan fingerprint density at radius 2 is 1.91 bits per heavy atom. The van der Waals surface area contributed by atoms with Crippen LogP contribution in [-0.4, -0.2) is 17.4 Å². The number of carbonyl (C=O) groups excluding carboxylic acids is 2. The first-order valence-corrected chi connectivity index (χ1v) is 11.9. The highest BCUT2D eigenvalue weighted by molar-refractivity contribution is 7.17. The number of rotatable bonds is 8. The molecule has 0 radical (unpaired) electrons. The van der Waals surface area contributed by atoms with E-state index in [4.69, 9.17) is 38.2 Å². The van der Waals surface area contributed by atoms with Crippen LogP contribution in [-0.2, 0) is 6.61 Å². The van der Waals surface area contributed by atoms with Gasteiger partial charge in [0, 0.05) is 21.9 Å². The molecule has 0 spiro atoms. The second kappa shape index (κ2) is 10.0. The topological polar surface area (TPSA) is 95.4 Å². The third-order valence-corrected chi connectivity index (χ3v) is 6.86. The minimum Gasteiger partial charge on any atom is -0.489 e. The van der Waals surface area contributed by atoms with Crippen LogP contribution in [0.2, 0.25) is 10.0 Å². The fourth-order valence-corrected chi connectivity index (χ4v) is 5.02. The molecule has 0 saturated heterocycles. The minimum atomic E-state index is -0.599. The summed E-state index contributed by atoms with van der Waals surface area (Å²) in [5.41, 5.74) is 8.34. The Morgan fingerprint density at radius 1 is 1.18 bits per heavy atom. The van der Waals surface area contributed by atoms with Crippen LogP contribution in [0.1, 0.15) is 51.1 Å². The van der Waals surface area contributed by atoms with E-state index in [9.17, 15) is 9.59 Å². The van der Waals surface area contributed by atoms with E-state index < -0.39 is 5.91 Å². The number of amides is 1. The van der Waals surface area contributed by atoms with Crippen molar-refractivity contribution >= 4 is 46.7 Å². The van der Waals surface area contributed by atoms with Crippen molar-refractivity contribution in [3.63, 3.8) is 0 Å². The maximum atomic E-state index is 12.2. The van der Waals surface area contributed by atoms with E-state index in [0.717, 1.165) is 11.2 Å². The predicted octanol–water partition coefficient (Wildman–Crippen LogP) is 6.99. The molecule has 0 bridgehead atoms. The lowest BCUT2D eigenvalue weighted by Crippen LogP contribution is -2.12. The molecule has 4 aromatic rings. The number of halogens is 2. The second-order valence-electron chi connectivity index (χ2n) is 7.81. The molecule has 6 nitrogen and oxygen atoms in total. The van der Waals surface area contributed by atoms with Gasteiger partial charge in [-0.15, -0.1) is 11.3 Å². The van der Waals surface area contributed by atoms with Crippen molar-refractivity contribution < 1.29 is 18.8 Å². The van der Waals surface area contributed by atoms with Gasteiger partial charge in [-0.3, -0.25) is 9.59 Å². The molecule has 0 aliphatic heterocycles. The van der Waals surface area contributed by atoms with Gasteiger partial charge in [-0.25, -0.2) is 0 Å². The molecule has 0 unspecified atom stereocenters. The molecule has 174 valence electrons. The third kappa shape index (κ3) is 4.73. The maximum Gasteiger partial charge on any atom is 0.249 e. The van der Waals surface area contributed by atoms with Gasteiger partial charge in [0.15, 0.2) is 6.29 Å². The molecule has 0 aliphatic carbocycles. The predicted molar refractivity (Wildman–Crippen MR) is 134 cm³/mol. The lowest BCUT2D eigenvalue weighted by Gasteiger charge is -2.12. The standard InChI is InChI=1S/C25H20Cl2N2O4S/c1-13(2)24-18(23(29-33-24)22-19(26)4-3-5-20(22)27)12-32-14-6-8-16(17(10-14)25(28)31)21-9-7-15(11-30)34-21/h3-11,13H,12H2,1-2H3,(H2,28,31). The summed E-state index contributed by atoms with van der Waals surface area (Å²) in [5.74, 6) is 0.530. The van der Waals surface area contributed by atoms with Gasteiger partial charge < -0.3 is 15.0 Å². The van der Waals surface area contributed by atoms with Crippen molar-refractivity contribution in [2.45, 2.75) is 26.4 Å². The van der Waals surface area contributed by atoms with E-state index in [0.29, 0.717) is 54.4 Å². The lowest BCUT2D eigenvalue weighted by molar-refractivity contribution is 0.1000. The molecule has 2 aromatic carbocycles. The number of hydrogen-bond donors (Lipinski definition) is 1. The Labute approximate surface area is 210 Å².